The summed E-state index contributed by atoms with van der Waals surface area (Å²) in [6.07, 6.45) is 3.65. The number of nitrogens with two attached hydrogens (primary N) is 1. The molecular weight excluding hydrogens is 254 g/mol. The van der Waals surface area contributed by atoms with Gasteiger partial charge in [0.15, 0.2) is 0 Å². The Morgan fingerprint density at radius 2 is 2.25 bits per heavy atom. The Labute approximate surface area is 120 Å². The van der Waals surface area contributed by atoms with Gasteiger partial charge in [-0.1, -0.05) is 18.5 Å². The van der Waals surface area contributed by atoms with E-state index in [1.54, 1.807) is 0 Å². The maximum atomic E-state index is 12.5. The van der Waals surface area contributed by atoms with E-state index < -0.39 is 0 Å². The van der Waals surface area contributed by atoms with Crippen molar-refractivity contribution in [2.24, 2.45) is 11.7 Å². The summed E-state index contributed by atoms with van der Waals surface area (Å²) in [5, 5.41) is 3.91. The molecule has 1 aliphatic rings. The lowest BCUT2D eigenvalue weighted by Crippen LogP contribution is -2.50. The van der Waals surface area contributed by atoms with Crippen LogP contribution in [0.5, 0.6) is 0 Å². The maximum Gasteiger partial charge on any atom is 0.227 e. The number of piperidine rings is 1. The fourth-order valence-electron chi connectivity index (χ4n) is 3.06. The summed E-state index contributed by atoms with van der Waals surface area (Å²) >= 11 is 0. The van der Waals surface area contributed by atoms with Gasteiger partial charge in [0.05, 0.1) is 12.1 Å². The summed E-state index contributed by atoms with van der Waals surface area (Å²) in [4.78, 5) is 14.5. The van der Waals surface area contributed by atoms with Crippen molar-refractivity contribution in [3.05, 3.63) is 17.0 Å². The molecule has 0 aliphatic carbocycles. The van der Waals surface area contributed by atoms with Gasteiger partial charge in [-0.05, 0) is 32.6 Å². The Morgan fingerprint density at radius 3 is 2.80 bits per heavy atom. The first-order chi connectivity index (χ1) is 9.56. The van der Waals surface area contributed by atoms with Crippen LogP contribution in [-0.4, -0.2) is 35.1 Å². The first kappa shape index (κ1) is 15.0. The fraction of sp³-hybridized carbons (Fsp3) is 0.733. The van der Waals surface area contributed by atoms with Gasteiger partial charge in [-0.15, -0.1) is 0 Å². The second-order valence-electron chi connectivity index (χ2n) is 5.75. The molecule has 1 aromatic rings. The highest BCUT2D eigenvalue weighted by Crippen LogP contribution is 2.26. The van der Waals surface area contributed by atoms with Crippen LogP contribution >= 0.6 is 0 Å². The number of hydrogen-bond acceptors (Lipinski definition) is 4. The van der Waals surface area contributed by atoms with E-state index in [0.717, 1.165) is 36.4 Å². The summed E-state index contributed by atoms with van der Waals surface area (Å²) in [7, 11) is 0. The van der Waals surface area contributed by atoms with Gasteiger partial charge in [-0.3, -0.25) is 4.79 Å². The minimum absolute atomic E-state index is 0.143. The summed E-state index contributed by atoms with van der Waals surface area (Å²) in [5.74, 6) is 1.58. The number of aromatic nitrogens is 1. The van der Waals surface area contributed by atoms with Crippen molar-refractivity contribution in [2.75, 3.05) is 13.1 Å². The standard InChI is InChI=1S/C15H25N3O2/c1-4-12-5-6-18(13(7-12)9-16)15(19)8-14-10(2)17-20-11(14)3/h12-13H,4-9,16H2,1-3H3. The average Bonchev–Trinajstić information content (AvgIpc) is 2.78. The molecular formula is C15H25N3O2. The Balaban J connectivity index is 2.05. The van der Waals surface area contributed by atoms with Crippen LogP contribution in [0.2, 0.25) is 0 Å². The van der Waals surface area contributed by atoms with Crippen molar-refractivity contribution in [1.82, 2.24) is 10.1 Å². The lowest BCUT2D eigenvalue weighted by atomic mass is 9.88. The first-order valence-corrected chi connectivity index (χ1v) is 7.48. The van der Waals surface area contributed by atoms with Crippen molar-refractivity contribution in [3.63, 3.8) is 0 Å². The Morgan fingerprint density at radius 1 is 1.50 bits per heavy atom. The van der Waals surface area contributed by atoms with Gasteiger partial charge in [-0.2, -0.15) is 0 Å². The minimum atomic E-state index is 0.143. The molecule has 0 spiro atoms. The zero-order chi connectivity index (χ0) is 14.7. The molecule has 0 bridgehead atoms. The lowest BCUT2D eigenvalue weighted by molar-refractivity contribution is -0.134. The van der Waals surface area contributed by atoms with Gasteiger partial charge < -0.3 is 15.2 Å². The van der Waals surface area contributed by atoms with Crippen LogP contribution in [0.1, 0.15) is 43.2 Å². The van der Waals surface area contributed by atoms with Gasteiger partial charge >= 0.3 is 0 Å². The molecule has 0 saturated carbocycles. The zero-order valence-corrected chi connectivity index (χ0v) is 12.7. The number of aryl methyl sites for hydroxylation is 2. The van der Waals surface area contributed by atoms with E-state index in [0.29, 0.717) is 18.9 Å². The summed E-state index contributed by atoms with van der Waals surface area (Å²) in [5.41, 5.74) is 7.59. The summed E-state index contributed by atoms with van der Waals surface area (Å²) in [6, 6.07) is 0.182. The first-order valence-electron chi connectivity index (χ1n) is 7.48. The number of likely N-dealkylation sites (tertiary alicyclic amines) is 1. The van der Waals surface area contributed by atoms with Crippen molar-refractivity contribution in [3.8, 4) is 0 Å². The summed E-state index contributed by atoms with van der Waals surface area (Å²) < 4.78 is 5.13. The van der Waals surface area contributed by atoms with Gasteiger partial charge in [-0.25, -0.2) is 0 Å². The van der Waals surface area contributed by atoms with Crippen LogP contribution in [0, 0.1) is 19.8 Å². The number of carbonyl (C=O) groups is 1. The normalized spacial score (nSPS) is 23.1. The predicted octanol–water partition coefficient (Wildman–Crippen LogP) is 1.81. The number of carbonyl (C=O) groups excluding carboxylic acids is 1. The molecule has 1 aromatic heterocycles. The molecule has 5 nitrogen and oxygen atoms in total. The molecule has 1 saturated heterocycles. The van der Waals surface area contributed by atoms with Crippen LogP contribution in [0.3, 0.4) is 0 Å². The molecule has 112 valence electrons. The molecule has 5 heteroatoms. The number of rotatable bonds is 4. The van der Waals surface area contributed by atoms with Crippen LogP contribution in [0.15, 0.2) is 4.52 Å². The quantitative estimate of drug-likeness (QED) is 0.912. The van der Waals surface area contributed by atoms with E-state index >= 15 is 0 Å². The number of amides is 1. The van der Waals surface area contributed by atoms with E-state index in [-0.39, 0.29) is 11.9 Å². The van der Waals surface area contributed by atoms with Crippen molar-refractivity contribution in [1.29, 1.82) is 0 Å². The number of nitrogens with zero attached hydrogens (tertiary/aromatic N) is 2. The molecule has 2 heterocycles. The van der Waals surface area contributed by atoms with Gasteiger partial charge in [0.1, 0.15) is 5.76 Å². The molecule has 0 radical (unpaired) electrons. The molecule has 2 unspecified atom stereocenters. The highest BCUT2D eigenvalue weighted by atomic mass is 16.5. The maximum absolute atomic E-state index is 12.5. The van der Waals surface area contributed by atoms with Crippen molar-refractivity contribution < 1.29 is 9.32 Å². The Bertz CT molecular complexity index is 450. The molecule has 20 heavy (non-hydrogen) atoms. The van der Waals surface area contributed by atoms with Gasteiger partial charge in [0.25, 0.3) is 0 Å². The van der Waals surface area contributed by atoms with E-state index in [1.807, 2.05) is 18.7 Å². The average molecular weight is 279 g/mol. The lowest BCUT2D eigenvalue weighted by Gasteiger charge is -2.39. The molecule has 0 aromatic carbocycles. The third-order valence-electron chi connectivity index (χ3n) is 4.50. The number of hydrogen-bond donors (Lipinski definition) is 1. The zero-order valence-electron chi connectivity index (χ0n) is 12.7. The van der Waals surface area contributed by atoms with E-state index in [4.69, 9.17) is 10.3 Å². The van der Waals surface area contributed by atoms with Crippen LogP contribution in [0.4, 0.5) is 0 Å². The largest absolute Gasteiger partial charge is 0.361 e. The van der Waals surface area contributed by atoms with Crippen LogP contribution in [0.25, 0.3) is 0 Å². The Kier molecular flexibility index (Phi) is 4.81. The van der Waals surface area contributed by atoms with E-state index in [9.17, 15) is 4.79 Å². The monoisotopic (exact) mass is 279 g/mol. The Hall–Kier alpha value is -1.36. The molecule has 2 N–H and O–H groups in total. The second kappa shape index (κ2) is 6.39. The molecule has 2 atom stereocenters. The van der Waals surface area contributed by atoms with Gasteiger partial charge in [0, 0.05) is 24.7 Å². The minimum Gasteiger partial charge on any atom is -0.361 e. The van der Waals surface area contributed by atoms with Crippen molar-refractivity contribution >= 4 is 5.91 Å². The third kappa shape index (κ3) is 3.03. The molecule has 1 aliphatic heterocycles. The third-order valence-corrected chi connectivity index (χ3v) is 4.50. The fourth-order valence-corrected chi connectivity index (χ4v) is 3.06. The molecule has 2 rings (SSSR count). The van der Waals surface area contributed by atoms with Crippen LogP contribution < -0.4 is 5.73 Å². The predicted molar refractivity (Wildman–Crippen MR) is 77.3 cm³/mol. The second-order valence-corrected chi connectivity index (χ2v) is 5.75. The summed E-state index contributed by atoms with van der Waals surface area (Å²) in [6.45, 7) is 7.31. The highest BCUT2D eigenvalue weighted by Gasteiger charge is 2.30. The van der Waals surface area contributed by atoms with Gasteiger partial charge in [0.2, 0.25) is 5.91 Å². The topological polar surface area (TPSA) is 72.4 Å². The molecule has 1 amide bonds. The van der Waals surface area contributed by atoms with Crippen molar-refractivity contribution in [2.45, 2.75) is 52.5 Å². The SMILES string of the molecule is CCC1CCN(C(=O)Cc2c(C)noc2C)C(CN)C1. The van der Waals surface area contributed by atoms with E-state index in [1.165, 1.54) is 6.42 Å². The van der Waals surface area contributed by atoms with E-state index in [2.05, 4.69) is 12.1 Å². The smallest absolute Gasteiger partial charge is 0.227 e. The molecule has 1 fully saturated rings. The van der Waals surface area contributed by atoms with Crippen LogP contribution in [-0.2, 0) is 11.2 Å². The highest BCUT2D eigenvalue weighted by molar-refractivity contribution is 5.79.